The van der Waals surface area contributed by atoms with Gasteiger partial charge in [0.1, 0.15) is 45.0 Å². The van der Waals surface area contributed by atoms with Crippen LogP contribution in [0.5, 0.6) is 5.75 Å². The van der Waals surface area contributed by atoms with Gasteiger partial charge in [-0.2, -0.15) is 18.2 Å². The number of quaternary nitrogens is 2. The van der Waals surface area contributed by atoms with Crippen molar-refractivity contribution < 1.29 is 124 Å². The van der Waals surface area contributed by atoms with Crippen LogP contribution in [-0.2, 0) is 37.9 Å². The predicted molar refractivity (Wildman–Crippen MR) is 336 cm³/mol. The zero-order chi connectivity index (χ0) is 60.5. The number of ether oxygens (including phenoxy) is 9. The van der Waals surface area contributed by atoms with Gasteiger partial charge in [-0.25, -0.2) is 12.1 Å². The summed E-state index contributed by atoms with van der Waals surface area (Å²) in [5, 5.41) is 0. The molecule has 2 N–H and O–H groups in total. The number of aryl methyl sites for hydroxylation is 6. The molecule has 4 aromatic heterocycles. The molecule has 3 saturated heterocycles. The fraction of sp³-hybridized carbons (Fsp3) is 0.408. The Balaban J connectivity index is 0.000000265. The molecule has 4 aromatic carbocycles. The smallest absolute Gasteiger partial charge is 0.644 e. The van der Waals surface area contributed by atoms with Crippen molar-refractivity contribution in [2.75, 3.05) is 153 Å². The first kappa shape index (κ1) is 72.6. The van der Waals surface area contributed by atoms with E-state index in [1.807, 2.05) is 42.5 Å². The van der Waals surface area contributed by atoms with E-state index in [1.54, 1.807) is 21.3 Å². The molecular formula is C71H90CeN6NaO9+. The molecule has 4 aliphatic heterocycles. The van der Waals surface area contributed by atoms with Gasteiger partial charge in [0.2, 0.25) is 0 Å². The second-order valence-electron chi connectivity index (χ2n) is 21.9. The fourth-order valence-electron chi connectivity index (χ4n) is 11.2. The molecule has 0 saturated carbocycles. The number of hydrogen-bond acceptors (Lipinski definition) is 9. The SMILES string of the molecule is C1COCC[NH+]2CCOCCOCC[NH+](CCO1)CCOCCOCC2.COCCOC.COc1ccc([C+]2c3ccc([n-]3)[C+](c3c(C)cc(C)cc3C)c3ccc([n-]3)-c3ccc([n-]3)[C+](c3c(C)cc(C)cc3C)c3ccc2[n-]3)cc1.[Ce].[Na+].c1cc[cH-]c1. The topological polar surface area (TPSA) is 148 Å². The Labute approximate surface area is 579 Å². The van der Waals surface area contributed by atoms with E-state index < -0.39 is 0 Å². The van der Waals surface area contributed by atoms with Gasteiger partial charge in [-0.05, 0) is 124 Å². The average molecular weight is 1330 g/mol. The van der Waals surface area contributed by atoms with Gasteiger partial charge in [-0.15, -0.1) is 11.4 Å². The summed E-state index contributed by atoms with van der Waals surface area (Å²) in [7, 11) is 4.99. The molecule has 0 amide bonds. The van der Waals surface area contributed by atoms with Crippen LogP contribution in [0.2, 0.25) is 0 Å². The number of nitrogens with one attached hydrogen (secondary N) is 2. The summed E-state index contributed by atoms with van der Waals surface area (Å²) in [6, 6.07) is 43.9. The standard InChI is InChI=1S/C44H37N4O.C18H36N2O6.C5H5.C4H10O2.Ce.Na/c1-24-20-26(3)40(27(4)21-24)43-36-14-12-32(45-36)33-13-15-37(46-33)44(41-28(5)22-25(2)23-29(41)6)39-19-17-35(48-39)42(34-16-18-38(43)47-34)30-8-10-31(49-7)11-9-30;1-7-21-13-14-24-10-4-20-5-11-25-17-15-22-8-2-19(1)3-9-23-16-18-26-12-6-20;1-2-4-5-3-1;1-5-3-4-6-2;;/h8-23H,1-7H3;1-18H2;1-5H;3-4H2,1-2H3;;/q-1;;-1;;;+1/p+2. The van der Waals surface area contributed by atoms with Crippen molar-refractivity contribution in [3.8, 4) is 17.1 Å². The van der Waals surface area contributed by atoms with Crippen LogP contribution < -0.4 is 64.0 Å². The number of aromatic nitrogens is 4. The minimum Gasteiger partial charge on any atom is -0.644 e. The van der Waals surface area contributed by atoms with Crippen molar-refractivity contribution in [2.24, 2.45) is 0 Å². The number of rotatable bonds is 7. The molecular weight excluding hydrogens is 1240 g/mol. The third kappa shape index (κ3) is 21.6. The van der Waals surface area contributed by atoms with Gasteiger partial charge in [-0.1, -0.05) is 11.4 Å². The Kier molecular flexibility index (Phi) is 32.2. The summed E-state index contributed by atoms with van der Waals surface area (Å²) in [6.07, 6.45) is 0. The molecule has 462 valence electrons. The van der Waals surface area contributed by atoms with Crippen LogP contribution in [0.15, 0.2) is 127 Å². The minimum absolute atomic E-state index is 0. The Hall–Kier alpha value is -4.48. The maximum atomic E-state index is 5.73. The number of fused-ring (bicyclic) bond motifs is 30. The fourth-order valence-corrected chi connectivity index (χ4v) is 11.2. The van der Waals surface area contributed by atoms with E-state index in [0.29, 0.717) is 52.9 Å². The molecule has 8 aromatic rings. The Bertz CT molecular complexity index is 2910. The summed E-state index contributed by atoms with van der Waals surface area (Å²) in [4.78, 5) is 24.1. The van der Waals surface area contributed by atoms with Crippen molar-refractivity contribution in [3.63, 3.8) is 0 Å². The molecule has 0 spiro atoms. The van der Waals surface area contributed by atoms with Crippen LogP contribution >= 0.6 is 0 Å². The molecule has 3 fully saturated rings. The van der Waals surface area contributed by atoms with Gasteiger partial charge >= 0.3 is 29.6 Å². The van der Waals surface area contributed by atoms with Crippen LogP contribution in [0.25, 0.3) is 11.4 Å². The zero-order valence-corrected chi connectivity index (χ0v) is 58.9. The molecule has 0 aliphatic carbocycles. The first-order valence-electron chi connectivity index (χ1n) is 30.3. The first-order valence-corrected chi connectivity index (χ1v) is 30.3. The third-order valence-corrected chi connectivity index (χ3v) is 15.4. The van der Waals surface area contributed by atoms with Crippen LogP contribution in [0.3, 0.4) is 0 Å². The number of methoxy groups -OCH3 is 3. The van der Waals surface area contributed by atoms with E-state index in [-0.39, 0.29) is 71.3 Å². The Morgan fingerprint density at radius 3 is 1.01 bits per heavy atom. The second kappa shape index (κ2) is 39.0. The van der Waals surface area contributed by atoms with Crippen molar-refractivity contribution in [2.45, 2.75) is 41.5 Å². The van der Waals surface area contributed by atoms with Crippen LogP contribution in [-0.4, -0.2) is 153 Å². The van der Waals surface area contributed by atoms with Gasteiger partial charge in [0.15, 0.2) is 0 Å². The van der Waals surface area contributed by atoms with Gasteiger partial charge < -0.3 is 72.4 Å². The molecule has 4 aliphatic rings. The van der Waals surface area contributed by atoms with E-state index in [9.17, 15) is 0 Å². The molecule has 88 heavy (non-hydrogen) atoms. The van der Waals surface area contributed by atoms with Crippen LogP contribution in [0.4, 0.5) is 0 Å². The van der Waals surface area contributed by atoms with Crippen molar-refractivity contribution >= 4 is 0 Å². The van der Waals surface area contributed by atoms with Gasteiger partial charge in [0, 0.05) is 145 Å². The van der Waals surface area contributed by atoms with E-state index in [4.69, 9.17) is 53.1 Å². The quantitative estimate of drug-likeness (QED) is 0.135. The monoisotopic (exact) mass is 1330 g/mol. The van der Waals surface area contributed by atoms with E-state index in [0.717, 1.165) is 165 Å². The summed E-state index contributed by atoms with van der Waals surface area (Å²) in [5.41, 5.74) is 17.4. The Morgan fingerprint density at radius 1 is 0.409 bits per heavy atom. The molecule has 0 unspecified atom stereocenters. The second-order valence-corrected chi connectivity index (χ2v) is 21.9. The average Bonchev–Trinajstić information content (AvgIpc) is 2.09. The molecule has 8 heterocycles. The van der Waals surface area contributed by atoms with Gasteiger partial charge in [-0.3, -0.25) is 0 Å². The summed E-state index contributed by atoms with van der Waals surface area (Å²) >= 11 is 0. The van der Waals surface area contributed by atoms with Crippen molar-refractivity contribution in [1.29, 1.82) is 0 Å². The minimum atomic E-state index is 0. The summed E-state index contributed by atoms with van der Waals surface area (Å²) < 4.78 is 49.2. The van der Waals surface area contributed by atoms with E-state index in [1.165, 1.54) is 43.2 Å². The molecule has 10 bridgehead atoms. The number of hydrogen-bond donors (Lipinski definition) is 2. The first-order chi connectivity index (χ1) is 42.0. The number of benzene rings is 3. The summed E-state index contributed by atoms with van der Waals surface area (Å²) in [6.45, 7) is 28.5. The van der Waals surface area contributed by atoms with Crippen molar-refractivity contribution in [1.82, 2.24) is 19.9 Å². The maximum absolute atomic E-state index is 5.73. The van der Waals surface area contributed by atoms with E-state index in [2.05, 4.69) is 136 Å². The molecule has 17 heteroatoms. The zero-order valence-electron chi connectivity index (χ0n) is 53.7. The van der Waals surface area contributed by atoms with E-state index >= 15 is 0 Å². The third-order valence-electron chi connectivity index (χ3n) is 15.4. The van der Waals surface area contributed by atoms with Gasteiger partial charge in [0.05, 0.1) is 116 Å². The Morgan fingerprint density at radius 2 is 0.716 bits per heavy atom. The maximum Gasteiger partial charge on any atom is 1.00 e. The summed E-state index contributed by atoms with van der Waals surface area (Å²) in [5.74, 6) is 3.78. The molecule has 0 atom stereocenters. The van der Waals surface area contributed by atoms with Crippen molar-refractivity contribution in [3.05, 3.63) is 229 Å². The largest absolute Gasteiger partial charge is 1.00 e. The van der Waals surface area contributed by atoms with Crippen LogP contribution in [0, 0.1) is 101 Å². The van der Waals surface area contributed by atoms with Gasteiger partial charge in [0.25, 0.3) is 0 Å². The normalized spacial score (nSPS) is 17.1. The molecule has 12 rings (SSSR count). The predicted octanol–water partition coefficient (Wildman–Crippen LogP) is 3.98. The molecule has 0 radical (unpaired) electrons. The number of nitrogens with zero attached hydrogens (tertiary/aromatic N) is 4. The molecule has 15 nitrogen and oxygen atoms in total. The van der Waals surface area contributed by atoms with Crippen LogP contribution in [0.1, 0.15) is 84.2 Å².